The molecule has 3 nitrogen and oxygen atoms in total. The number of hydrogen-bond acceptors (Lipinski definition) is 2. The summed E-state index contributed by atoms with van der Waals surface area (Å²) < 4.78 is 31.6. The maximum absolute atomic E-state index is 11.2. The number of hydrogen-bond donors (Lipinski definition) is 1. The van der Waals surface area contributed by atoms with E-state index in [1.165, 1.54) is 102 Å². The van der Waals surface area contributed by atoms with Gasteiger partial charge in [0.2, 0.25) is 0 Å². The van der Waals surface area contributed by atoms with Crippen LogP contribution in [0.1, 0.15) is 121 Å². The van der Waals surface area contributed by atoms with Crippen LogP contribution in [0.3, 0.4) is 0 Å². The van der Waals surface area contributed by atoms with E-state index in [0.29, 0.717) is 6.42 Å². The van der Waals surface area contributed by atoms with Gasteiger partial charge in [-0.1, -0.05) is 146 Å². The smallest absolute Gasteiger partial charge is 0.282 e. The molecule has 35 heavy (non-hydrogen) atoms. The Labute approximate surface area is 216 Å². The van der Waals surface area contributed by atoms with Gasteiger partial charge in [-0.2, -0.15) is 8.42 Å². The van der Waals surface area contributed by atoms with Gasteiger partial charge in [-0.25, -0.2) is 0 Å². The minimum absolute atomic E-state index is 0.0565. The van der Waals surface area contributed by atoms with Crippen molar-refractivity contribution in [1.29, 1.82) is 0 Å². The zero-order valence-electron chi connectivity index (χ0n) is 22.4. The Bertz CT molecular complexity index is 847. The van der Waals surface area contributed by atoms with E-state index in [9.17, 15) is 8.42 Å². The molecule has 1 N–H and O–H groups in total. The van der Waals surface area contributed by atoms with E-state index >= 15 is 0 Å². The molecular weight excluding hydrogens is 452 g/mol. The molecular formula is C31H50O3S. The van der Waals surface area contributed by atoms with Crippen molar-refractivity contribution in [2.24, 2.45) is 0 Å². The molecule has 2 aromatic rings. The Kier molecular flexibility index (Phi) is 18.4. The highest BCUT2D eigenvalue weighted by atomic mass is 32.2. The summed E-state index contributed by atoms with van der Waals surface area (Å²) in [5.74, 6) is 0. The molecule has 0 spiro atoms. The number of rotatable bonds is 18. The second kappa shape index (κ2) is 20.5. The van der Waals surface area contributed by atoms with Crippen LogP contribution in [-0.2, 0) is 23.0 Å². The summed E-state index contributed by atoms with van der Waals surface area (Å²) in [5.41, 5.74) is 2.21. The fourth-order valence-electron chi connectivity index (χ4n) is 4.34. The lowest BCUT2D eigenvalue weighted by atomic mass is 10.0. The zero-order valence-corrected chi connectivity index (χ0v) is 23.2. The van der Waals surface area contributed by atoms with Gasteiger partial charge in [-0.05, 0) is 42.9 Å². The third kappa shape index (κ3) is 16.6. The highest BCUT2D eigenvalue weighted by Gasteiger charge is 2.13. The molecule has 4 heteroatoms. The second-order valence-corrected chi connectivity index (χ2v) is 11.1. The SMILES string of the molecule is CCCCCCCCCCc1ccccc1.CCCCCCCCCc1ccccc1S(=O)(=O)O. The Hall–Kier alpha value is -1.65. The Balaban J connectivity index is 0.000000355. The van der Waals surface area contributed by atoms with Crippen LogP contribution < -0.4 is 0 Å². The molecule has 0 unspecified atom stereocenters. The minimum Gasteiger partial charge on any atom is -0.282 e. The topological polar surface area (TPSA) is 54.4 Å². The fourth-order valence-corrected chi connectivity index (χ4v) is 5.09. The molecule has 0 aliphatic rings. The van der Waals surface area contributed by atoms with Crippen LogP contribution >= 0.6 is 0 Å². The molecule has 0 saturated carbocycles. The standard InChI is InChI=1S/C16H26.C15H24O3S/c1-2-3-4-5-6-7-8-10-13-16-14-11-9-12-15-16;1-2-3-4-5-6-7-8-11-14-12-9-10-13-15(14)19(16,17)18/h9,11-12,14-15H,2-8,10,13H2,1H3;9-10,12-13H,2-8,11H2,1H3,(H,16,17,18). The summed E-state index contributed by atoms with van der Waals surface area (Å²) in [6, 6.07) is 17.5. The monoisotopic (exact) mass is 502 g/mol. The normalized spacial score (nSPS) is 11.2. The maximum atomic E-state index is 11.2. The van der Waals surface area contributed by atoms with Crippen LogP contribution in [-0.4, -0.2) is 13.0 Å². The quantitative estimate of drug-likeness (QED) is 0.163. The molecule has 2 rings (SSSR count). The van der Waals surface area contributed by atoms with E-state index in [1.54, 1.807) is 12.1 Å². The summed E-state index contributed by atoms with van der Waals surface area (Å²) in [6.45, 7) is 4.48. The lowest BCUT2D eigenvalue weighted by Gasteiger charge is -2.06. The fraction of sp³-hybridized carbons (Fsp3) is 0.613. The largest absolute Gasteiger partial charge is 0.294 e. The molecule has 0 atom stereocenters. The summed E-state index contributed by atoms with van der Waals surface area (Å²) >= 11 is 0. The first-order chi connectivity index (χ1) is 17.0. The van der Waals surface area contributed by atoms with Gasteiger partial charge in [0, 0.05) is 0 Å². The van der Waals surface area contributed by atoms with Gasteiger partial charge >= 0.3 is 0 Å². The molecule has 198 valence electrons. The maximum Gasteiger partial charge on any atom is 0.294 e. The van der Waals surface area contributed by atoms with Crippen LogP contribution in [0.5, 0.6) is 0 Å². The minimum atomic E-state index is -4.09. The van der Waals surface area contributed by atoms with Gasteiger partial charge in [-0.3, -0.25) is 4.55 Å². The first-order valence-electron chi connectivity index (χ1n) is 14.1. The summed E-state index contributed by atoms with van der Waals surface area (Å²) in [4.78, 5) is 0.0565. The Morgan fingerprint density at radius 1 is 0.543 bits per heavy atom. The van der Waals surface area contributed by atoms with Crippen molar-refractivity contribution >= 4 is 10.1 Å². The van der Waals surface area contributed by atoms with E-state index in [2.05, 4.69) is 44.2 Å². The first kappa shape index (κ1) is 31.4. The predicted octanol–water partition coefficient (Wildman–Crippen LogP) is 9.60. The molecule has 0 amide bonds. The van der Waals surface area contributed by atoms with Crippen molar-refractivity contribution in [3.05, 3.63) is 65.7 Å². The predicted molar refractivity (Wildman–Crippen MR) is 151 cm³/mol. The van der Waals surface area contributed by atoms with Crippen molar-refractivity contribution in [2.45, 2.75) is 128 Å². The van der Waals surface area contributed by atoms with E-state index in [1.807, 2.05) is 6.07 Å². The molecule has 0 radical (unpaired) electrons. The molecule has 0 aliphatic heterocycles. The van der Waals surface area contributed by atoms with E-state index in [4.69, 9.17) is 4.55 Å². The van der Waals surface area contributed by atoms with Gasteiger partial charge in [0.1, 0.15) is 0 Å². The van der Waals surface area contributed by atoms with Crippen LogP contribution in [0.25, 0.3) is 0 Å². The second-order valence-electron chi connectivity index (χ2n) is 9.66. The summed E-state index contributed by atoms with van der Waals surface area (Å²) in [6.07, 6.45) is 21.6. The Morgan fingerprint density at radius 3 is 1.49 bits per heavy atom. The van der Waals surface area contributed by atoms with Crippen molar-refractivity contribution in [1.82, 2.24) is 0 Å². The van der Waals surface area contributed by atoms with Gasteiger partial charge in [0.05, 0.1) is 4.90 Å². The van der Waals surface area contributed by atoms with Gasteiger partial charge < -0.3 is 0 Å². The first-order valence-corrected chi connectivity index (χ1v) is 15.5. The molecule has 0 fully saturated rings. The molecule has 0 aliphatic carbocycles. The molecule has 0 heterocycles. The van der Waals surface area contributed by atoms with E-state index in [0.717, 1.165) is 18.4 Å². The Morgan fingerprint density at radius 2 is 0.971 bits per heavy atom. The number of unbranched alkanes of at least 4 members (excludes halogenated alkanes) is 13. The van der Waals surface area contributed by atoms with Crippen molar-refractivity contribution in [2.75, 3.05) is 0 Å². The van der Waals surface area contributed by atoms with Crippen molar-refractivity contribution in [3.63, 3.8) is 0 Å². The van der Waals surface area contributed by atoms with Crippen LogP contribution in [0.4, 0.5) is 0 Å². The lowest BCUT2D eigenvalue weighted by Crippen LogP contribution is -2.03. The van der Waals surface area contributed by atoms with Crippen molar-refractivity contribution in [3.8, 4) is 0 Å². The van der Waals surface area contributed by atoms with Crippen LogP contribution in [0, 0.1) is 0 Å². The van der Waals surface area contributed by atoms with E-state index < -0.39 is 10.1 Å². The average molecular weight is 503 g/mol. The molecule has 0 aromatic heterocycles. The molecule has 0 bridgehead atoms. The third-order valence-corrected chi connectivity index (χ3v) is 7.42. The van der Waals surface area contributed by atoms with Gasteiger partial charge in [0.25, 0.3) is 10.1 Å². The van der Waals surface area contributed by atoms with Gasteiger partial charge in [0.15, 0.2) is 0 Å². The van der Waals surface area contributed by atoms with Crippen LogP contribution in [0.2, 0.25) is 0 Å². The van der Waals surface area contributed by atoms with Crippen LogP contribution in [0.15, 0.2) is 59.5 Å². The molecule has 0 saturated heterocycles. The number of benzene rings is 2. The highest BCUT2D eigenvalue weighted by molar-refractivity contribution is 7.85. The average Bonchev–Trinajstić information content (AvgIpc) is 2.86. The van der Waals surface area contributed by atoms with E-state index in [-0.39, 0.29) is 4.90 Å². The number of aryl methyl sites for hydroxylation is 2. The third-order valence-electron chi connectivity index (χ3n) is 6.46. The highest BCUT2D eigenvalue weighted by Crippen LogP contribution is 2.18. The summed E-state index contributed by atoms with van der Waals surface area (Å²) in [5, 5.41) is 0. The van der Waals surface area contributed by atoms with Gasteiger partial charge in [-0.15, -0.1) is 0 Å². The molecule has 2 aromatic carbocycles. The summed E-state index contributed by atoms with van der Waals surface area (Å²) in [7, 11) is -4.09. The zero-order chi connectivity index (χ0) is 25.6. The lowest BCUT2D eigenvalue weighted by molar-refractivity contribution is 0.481. The van der Waals surface area contributed by atoms with Crippen molar-refractivity contribution < 1.29 is 13.0 Å².